The van der Waals surface area contributed by atoms with Gasteiger partial charge in [-0.1, -0.05) is 0 Å². The summed E-state index contributed by atoms with van der Waals surface area (Å²) in [6.45, 7) is 6.61. The molecule has 0 radical (unpaired) electrons. The molecule has 58 heavy (non-hydrogen) atoms. The summed E-state index contributed by atoms with van der Waals surface area (Å²) in [7, 11) is 4.83. The zero-order chi connectivity index (χ0) is 42.1. The Morgan fingerprint density at radius 1 is 0.845 bits per heavy atom. The van der Waals surface area contributed by atoms with Gasteiger partial charge in [0.2, 0.25) is 5.78 Å². The molecule has 3 saturated heterocycles. The van der Waals surface area contributed by atoms with Crippen LogP contribution in [0.2, 0.25) is 0 Å². The molecule has 0 aromatic heterocycles. The first kappa shape index (κ1) is 42.1. The SMILES string of the molecule is COC(=O)[C@@H]1c2cc3c(c(O)c2[C@@H](OC2CC(N(C)C)C(OC4CC(O)C(OC5CCC(=O)C(C)O5)C(C)O4)C(C)O2)C[C@@]1(C)O)C(=O)c1c(O)ccc(O)c1C3=O. The molecule has 10 unspecified atom stereocenters. The van der Waals surface area contributed by atoms with Crippen LogP contribution in [-0.2, 0) is 42.7 Å². The van der Waals surface area contributed by atoms with Crippen molar-refractivity contribution in [2.75, 3.05) is 21.2 Å². The van der Waals surface area contributed by atoms with Crippen molar-refractivity contribution in [2.45, 2.75) is 139 Å². The number of aromatic hydroxyl groups is 3. The third-order valence-corrected chi connectivity index (χ3v) is 12.1. The molecular weight excluding hydrogens is 762 g/mol. The lowest BCUT2D eigenvalue weighted by Crippen LogP contribution is -2.58. The van der Waals surface area contributed by atoms with Gasteiger partial charge in [0.1, 0.15) is 41.5 Å². The van der Waals surface area contributed by atoms with Crippen LogP contribution in [0.5, 0.6) is 17.2 Å². The van der Waals surface area contributed by atoms with Crippen molar-refractivity contribution in [3.05, 3.63) is 51.6 Å². The number of ether oxygens (including phenoxy) is 7. The van der Waals surface area contributed by atoms with Crippen LogP contribution in [0.4, 0.5) is 0 Å². The lowest BCUT2D eigenvalue weighted by atomic mass is 9.68. The van der Waals surface area contributed by atoms with Crippen molar-refractivity contribution >= 4 is 23.3 Å². The maximum absolute atomic E-state index is 13.9. The lowest BCUT2D eigenvalue weighted by molar-refractivity contribution is -0.324. The van der Waals surface area contributed by atoms with E-state index in [9.17, 15) is 44.7 Å². The maximum Gasteiger partial charge on any atom is 0.316 e. The predicted molar refractivity (Wildman–Crippen MR) is 198 cm³/mol. The van der Waals surface area contributed by atoms with Crippen molar-refractivity contribution < 1.29 is 77.9 Å². The Hall–Kier alpha value is -4.04. The molecule has 17 nitrogen and oxygen atoms in total. The number of phenols is 3. The minimum atomic E-state index is -1.85. The Kier molecular flexibility index (Phi) is 11.5. The normalized spacial score (nSPS) is 36.3. The van der Waals surface area contributed by atoms with Crippen molar-refractivity contribution in [1.82, 2.24) is 4.90 Å². The third-order valence-electron chi connectivity index (χ3n) is 12.1. The first-order chi connectivity index (χ1) is 27.3. The molecule has 2 aliphatic carbocycles. The van der Waals surface area contributed by atoms with E-state index in [-0.39, 0.29) is 47.8 Å². The Morgan fingerprint density at radius 2 is 1.45 bits per heavy atom. The van der Waals surface area contributed by atoms with E-state index in [2.05, 4.69) is 0 Å². The van der Waals surface area contributed by atoms with E-state index < -0.39 is 125 Å². The van der Waals surface area contributed by atoms with Crippen LogP contribution in [0.3, 0.4) is 0 Å². The van der Waals surface area contributed by atoms with Crippen LogP contribution in [0.15, 0.2) is 18.2 Å². The number of fused-ring (bicyclic) bond motifs is 3. The van der Waals surface area contributed by atoms with Crippen LogP contribution >= 0.6 is 0 Å². The lowest BCUT2D eigenvalue weighted by Gasteiger charge is -2.48. The van der Waals surface area contributed by atoms with Gasteiger partial charge < -0.3 is 63.6 Å². The number of aliphatic hydroxyl groups is 2. The van der Waals surface area contributed by atoms with Crippen molar-refractivity contribution in [1.29, 1.82) is 0 Å². The van der Waals surface area contributed by atoms with E-state index in [0.29, 0.717) is 12.8 Å². The standard InChI is InChI=1S/C41H51NO16/c1-16-22(43)10-11-27(53-16)57-39-18(3)55-29(14-25(39)46)58-38-17(2)54-28(13-21(38)42(5)6)56-26-15-41(4,51)34(40(50)52-7)19-12-20-31(36(48)30(19)26)37(49)33-24(45)9-8-23(44)32(33)35(20)47/h8-9,12,16-18,21,25-29,34,38-39,44-46,48,51H,10-11,13-15H2,1-7H3/t16?,17?,18?,21?,25?,26-,27?,28?,29?,34-,38?,39?,41+/m0/s1. The Balaban J connectivity index is 1.13. The molecule has 2 aromatic rings. The zero-order valence-corrected chi connectivity index (χ0v) is 33.4. The number of esters is 1. The number of ketones is 3. The Bertz CT molecular complexity index is 1970. The summed E-state index contributed by atoms with van der Waals surface area (Å²) in [6, 6.07) is 2.98. The number of nitrogens with zero attached hydrogens (tertiary/aromatic N) is 1. The quantitative estimate of drug-likeness (QED) is 0.162. The van der Waals surface area contributed by atoms with Gasteiger partial charge in [0, 0.05) is 49.3 Å². The number of hydrogen-bond acceptors (Lipinski definition) is 17. The fraction of sp³-hybridized carbons (Fsp3) is 0.610. The van der Waals surface area contributed by atoms with Gasteiger partial charge in [0.05, 0.1) is 53.8 Å². The topological polar surface area (TPSA) is 237 Å². The number of benzene rings is 2. The minimum Gasteiger partial charge on any atom is -0.507 e. The largest absolute Gasteiger partial charge is 0.507 e. The van der Waals surface area contributed by atoms with Crippen LogP contribution in [0, 0.1) is 0 Å². The van der Waals surface area contributed by atoms with E-state index in [1.807, 2.05) is 19.0 Å². The van der Waals surface area contributed by atoms with Crippen molar-refractivity contribution in [2.24, 2.45) is 0 Å². The molecule has 0 amide bonds. The second-order valence-electron chi connectivity index (χ2n) is 16.3. The number of likely N-dealkylation sites (N-methyl/N-ethyl adjacent to an activating group) is 1. The molecule has 13 atom stereocenters. The van der Waals surface area contributed by atoms with Crippen LogP contribution in [-0.4, -0.2) is 142 Å². The number of aliphatic hydroxyl groups excluding tert-OH is 1. The molecule has 0 spiro atoms. The fourth-order valence-electron chi connectivity index (χ4n) is 9.12. The number of carbonyl (C=O) groups excluding carboxylic acids is 4. The average molecular weight is 814 g/mol. The van der Waals surface area contributed by atoms with Gasteiger partial charge in [-0.2, -0.15) is 0 Å². The monoisotopic (exact) mass is 813 g/mol. The number of rotatable bonds is 8. The van der Waals surface area contributed by atoms with Crippen LogP contribution in [0.1, 0.15) is 115 Å². The summed E-state index contributed by atoms with van der Waals surface area (Å²) in [5.74, 6) is -5.95. The Morgan fingerprint density at radius 3 is 2.05 bits per heavy atom. The smallest absolute Gasteiger partial charge is 0.316 e. The van der Waals surface area contributed by atoms with Gasteiger partial charge in [-0.05, 0) is 65.6 Å². The maximum atomic E-state index is 13.9. The van der Waals surface area contributed by atoms with E-state index in [1.165, 1.54) is 13.0 Å². The molecule has 316 valence electrons. The van der Waals surface area contributed by atoms with E-state index in [4.69, 9.17) is 33.2 Å². The number of hydrogen-bond donors (Lipinski definition) is 5. The summed E-state index contributed by atoms with van der Waals surface area (Å²) < 4.78 is 42.3. The molecule has 17 heteroatoms. The molecule has 3 aliphatic heterocycles. The number of carbonyl (C=O) groups is 4. The summed E-state index contributed by atoms with van der Waals surface area (Å²) in [5.41, 5.74) is -3.67. The van der Waals surface area contributed by atoms with Gasteiger partial charge in [-0.25, -0.2) is 0 Å². The van der Waals surface area contributed by atoms with Gasteiger partial charge in [0.15, 0.2) is 30.4 Å². The van der Waals surface area contributed by atoms with Gasteiger partial charge >= 0.3 is 5.97 Å². The summed E-state index contributed by atoms with van der Waals surface area (Å²) in [4.78, 5) is 54.8. The highest BCUT2D eigenvalue weighted by molar-refractivity contribution is 6.31. The molecule has 2 aromatic carbocycles. The second-order valence-corrected chi connectivity index (χ2v) is 16.3. The average Bonchev–Trinajstić information content (AvgIpc) is 3.14. The number of phenolic OH excluding ortho intramolecular Hbond substituents is 3. The van der Waals surface area contributed by atoms with Gasteiger partial charge in [0.25, 0.3) is 0 Å². The van der Waals surface area contributed by atoms with Gasteiger partial charge in [-0.3, -0.25) is 19.2 Å². The van der Waals surface area contributed by atoms with Gasteiger partial charge in [-0.15, -0.1) is 0 Å². The summed E-state index contributed by atoms with van der Waals surface area (Å²) in [5, 5.41) is 56.0. The van der Waals surface area contributed by atoms with Crippen LogP contribution in [0.25, 0.3) is 0 Å². The van der Waals surface area contributed by atoms with E-state index in [1.54, 1.807) is 20.8 Å². The molecule has 5 aliphatic rings. The molecule has 7 rings (SSSR count). The summed E-state index contributed by atoms with van der Waals surface area (Å²) >= 11 is 0. The van der Waals surface area contributed by atoms with Crippen molar-refractivity contribution in [3.8, 4) is 17.2 Å². The first-order valence-electron chi connectivity index (χ1n) is 19.5. The van der Waals surface area contributed by atoms with Crippen LogP contribution < -0.4 is 0 Å². The highest BCUT2D eigenvalue weighted by atomic mass is 16.7. The zero-order valence-electron chi connectivity index (χ0n) is 33.4. The van der Waals surface area contributed by atoms with E-state index in [0.717, 1.165) is 19.2 Å². The number of Topliss-reactive ketones (excluding diaryl/α,β-unsaturated/α-hetero) is 1. The van der Waals surface area contributed by atoms with E-state index >= 15 is 0 Å². The Labute approximate surface area is 334 Å². The highest BCUT2D eigenvalue weighted by Gasteiger charge is 2.52. The third kappa shape index (κ3) is 7.41. The molecule has 0 saturated carbocycles. The summed E-state index contributed by atoms with van der Waals surface area (Å²) in [6.07, 6.45) is -7.05. The molecule has 3 heterocycles. The molecule has 5 N–H and O–H groups in total. The minimum absolute atomic E-state index is 0.00171. The number of methoxy groups -OCH3 is 1. The highest BCUT2D eigenvalue weighted by Crippen LogP contribution is 2.53. The fourth-order valence-corrected chi connectivity index (χ4v) is 9.12. The first-order valence-corrected chi connectivity index (χ1v) is 19.5. The second kappa shape index (κ2) is 15.9. The predicted octanol–water partition coefficient (Wildman–Crippen LogP) is 2.47. The molecule has 3 fully saturated rings. The van der Waals surface area contributed by atoms with Crippen molar-refractivity contribution in [3.63, 3.8) is 0 Å². The molecule has 0 bridgehead atoms. The molecular formula is C41H51NO16.